The Bertz CT molecular complexity index is 551. The standard InChI is InChI=1S/C16H20Cl2N2O/c1-20-4-2-14(3-5-20)19-9-11-6-12-7-13(17)8-15(18)16(12)21-10-11/h6-8,14,19H,2-5,9-10H2,1H3. The molecule has 2 heterocycles. The lowest BCUT2D eigenvalue weighted by Gasteiger charge is -2.30. The van der Waals surface area contributed by atoms with Crippen LogP contribution in [0.1, 0.15) is 18.4 Å². The highest BCUT2D eigenvalue weighted by Gasteiger charge is 2.19. The number of benzene rings is 1. The molecule has 114 valence electrons. The maximum atomic E-state index is 6.15. The van der Waals surface area contributed by atoms with Crippen LogP contribution in [0.4, 0.5) is 0 Å². The van der Waals surface area contributed by atoms with E-state index in [1.807, 2.05) is 6.07 Å². The van der Waals surface area contributed by atoms with Crippen LogP contribution in [0.5, 0.6) is 5.75 Å². The van der Waals surface area contributed by atoms with Crippen LogP contribution < -0.4 is 10.1 Å². The summed E-state index contributed by atoms with van der Waals surface area (Å²) in [6.07, 6.45) is 4.55. The van der Waals surface area contributed by atoms with Gasteiger partial charge in [-0.1, -0.05) is 23.2 Å². The first kappa shape index (κ1) is 15.2. The quantitative estimate of drug-likeness (QED) is 0.920. The van der Waals surface area contributed by atoms with Crippen molar-refractivity contribution >= 4 is 29.3 Å². The fraction of sp³-hybridized carbons (Fsp3) is 0.500. The normalized spacial score (nSPS) is 19.9. The van der Waals surface area contributed by atoms with E-state index in [4.69, 9.17) is 27.9 Å². The topological polar surface area (TPSA) is 24.5 Å². The molecule has 1 fully saturated rings. The molecule has 1 aromatic rings. The van der Waals surface area contributed by atoms with Gasteiger partial charge >= 0.3 is 0 Å². The summed E-state index contributed by atoms with van der Waals surface area (Å²) in [6.45, 7) is 3.79. The summed E-state index contributed by atoms with van der Waals surface area (Å²) >= 11 is 12.2. The maximum Gasteiger partial charge on any atom is 0.145 e. The first-order valence-electron chi connectivity index (χ1n) is 7.35. The minimum Gasteiger partial charge on any atom is -0.487 e. The van der Waals surface area contributed by atoms with E-state index in [0.717, 1.165) is 17.9 Å². The molecule has 1 aromatic carbocycles. The second kappa shape index (κ2) is 6.57. The first-order chi connectivity index (χ1) is 10.1. The summed E-state index contributed by atoms with van der Waals surface area (Å²) in [6, 6.07) is 4.22. The monoisotopic (exact) mass is 326 g/mol. The largest absolute Gasteiger partial charge is 0.487 e. The summed E-state index contributed by atoms with van der Waals surface area (Å²) in [4.78, 5) is 2.38. The Labute approximate surface area is 135 Å². The number of piperidine rings is 1. The Hall–Kier alpha value is -0.740. The Kier molecular flexibility index (Phi) is 4.75. The van der Waals surface area contributed by atoms with Crippen LogP contribution in [0.2, 0.25) is 10.0 Å². The number of ether oxygens (including phenoxy) is 1. The molecule has 0 amide bonds. The third-order valence-corrected chi connectivity index (χ3v) is 4.63. The van der Waals surface area contributed by atoms with Gasteiger partial charge in [0, 0.05) is 23.2 Å². The highest BCUT2D eigenvalue weighted by molar-refractivity contribution is 6.36. The van der Waals surface area contributed by atoms with Gasteiger partial charge in [0.15, 0.2) is 0 Å². The van der Waals surface area contributed by atoms with Crippen molar-refractivity contribution in [3.63, 3.8) is 0 Å². The van der Waals surface area contributed by atoms with E-state index in [1.165, 1.54) is 31.5 Å². The number of hydrogen-bond donors (Lipinski definition) is 1. The number of likely N-dealkylation sites (tertiary alicyclic amines) is 1. The number of hydrogen-bond acceptors (Lipinski definition) is 3. The molecule has 0 saturated carbocycles. The summed E-state index contributed by atoms with van der Waals surface area (Å²) in [5.41, 5.74) is 2.21. The highest BCUT2D eigenvalue weighted by atomic mass is 35.5. The van der Waals surface area contributed by atoms with Crippen molar-refractivity contribution in [2.75, 3.05) is 33.3 Å². The molecular formula is C16H20Cl2N2O. The molecule has 2 aliphatic rings. The number of fused-ring (bicyclic) bond motifs is 1. The zero-order chi connectivity index (χ0) is 14.8. The van der Waals surface area contributed by atoms with E-state index in [0.29, 0.717) is 22.7 Å². The molecule has 0 aromatic heterocycles. The van der Waals surface area contributed by atoms with E-state index in [9.17, 15) is 0 Å². The molecule has 0 unspecified atom stereocenters. The maximum absolute atomic E-state index is 6.15. The van der Waals surface area contributed by atoms with Crippen LogP contribution in [-0.2, 0) is 0 Å². The molecule has 0 aliphatic carbocycles. The molecule has 5 heteroatoms. The molecule has 3 nitrogen and oxygen atoms in total. The lowest BCUT2D eigenvalue weighted by atomic mass is 10.0. The SMILES string of the molecule is CN1CCC(NCC2=Cc3cc(Cl)cc(Cl)c3OC2)CC1. The van der Waals surface area contributed by atoms with E-state index < -0.39 is 0 Å². The number of rotatable bonds is 3. The van der Waals surface area contributed by atoms with Crippen molar-refractivity contribution in [1.29, 1.82) is 0 Å². The molecule has 0 radical (unpaired) electrons. The predicted octanol–water partition coefficient (Wildman–Crippen LogP) is 3.45. The molecule has 0 atom stereocenters. The fourth-order valence-corrected chi connectivity index (χ4v) is 3.42. The van der Waals surface area contributed by atoms with Crippen LogP contribution in [0, 0.1) is 0 Å². The number of nitrogens with one attached hydrogen (secondary N) is 1. The predicted molar refractivity (Wildman–Crippen MR) is 88.5 cm³/mol. The van der Waals surface area contributed by atoms with Crippen LogP contribution in [0.25, 0.3) is 6.08 Å². The van der Waals surface area contributed by atoms with Gasteiger partial charge in [0.1, 0.15) is 12.4 Å². The average molecular weight is 327 g/mol. The van der Waals surface area contributed by atoms with Gasteiger partial charge in [0.05, 0.1) is 5.02 Å². The van der Waals surface area contributed by atoms with Crippen molar-refractivity contribution in [2.24, 2.45) is 0 Å². The molecule has 0 bridgehead atoms. The van der Waals surface area contributed by atoms with Gasteiger partial charge in [-0.25, -0.2) is 0 Å². The fourth-order valence-electron chi connectivity index (χ4n) is 2.86. The van der Waals surface area contributed by atoms with Gasteiger partial charge in [-0.3, -0.25) is 0 Å². The smallest absolute Gasteiger partial charge is 0.145 e. The Morgan fingerprint density at radius 1 is 1.29 bits per heavy atom. The first-order valence-corrected chi connectivity index (χ1v) is 8.10. The highest BCUT2D eigenvalue weighted by Crippen LogP contribution is 2.36. The molecule has 2 aliphatic heterocycles. The van der Waals surface area contributed by atoms with Gasteiger partial charge in [-0.15, -0.1) is 0 Å². The molecule has 21 heavy (non-hydrogen) atoms. The summed E-state index contributed by atoms with van der Waals surface area (Å²) < 4.78 is 5.77. The number of nitrogens with zero attached hydrogens (tertiary/aromatic N) is 1. The zero-order valence-corrected chi connectivity index (χ0v) is 13.7. The third-order valence-electron chi connectivity index (χ3n) is 4.13. The molecule has 0 spiro atoms. The van der Waals surface area contributed by atoms with Gasteiger partial charge in [0.25, 0.3) is 0 Å². The summed E-state index contributed by atoms with van der Waals surface area (Å²) in [7, 11) is 2.18. The number of halogens is 2. The van der Waals surface area contributed by atoms with Crippen molar-refractivity contribution in [3.8, 4) is 5.75 Å². The Balaban J connectivity index is 1.63. The van der Waals surface area contributed by atoms with E-state index in [-0.39, 0.29) is 0 Å². The average Bonchev–Trinajstić information content (AvgIpc) is 2.46. The van der Waals surface area contributed by atoms with Crippen LogP contribution in [-0.4, -0.2) is 44.2 Å². The van der Waals surface area contributed by atoms with E-state index >= 15 is 0 Å². The lowest BCUT2D eigenvalue weighted by Crippen LogP contribution is -2.41. The molecule has 3 rings (SSSR count). The summed E-state index contributed by atoms with van der Waals surface area (Å²) in [5, 5.41) is 4.85. The molecule has 1 N–H and O–H groups in total. The summed E-state index contributed by atoms with van der Waals surface area (Å²) in [5.74, 6) is 0.740. The van der Waals surface area contributed by atoms with Gasteiger partial charge in [-0.2, -0.15) is 0 Å². The third kappa shape index (κ3) is 3.72. The lowest BCUT2D eigenvalue weighted by molar-refractivity contribution is 0.236. The van der Waals surface area contributed by atoms with Crippen molar-refractivity contribution < 1.29 is 4.74 Å². The molecular weight excluding hydrogens is 307 g/mol. The zero-order valence-electron chi connectivity index (χ0n) is 12.2. The van der Waals surface area contributed by atoms with Crippen LogP contribution >= 0.6 is 23.2 Å². The van der Waals surface area contributed by atoms with Crippen molar-refractivity contribution in [2.45, 2.75) is 18.9 Å². The second-order valence-electron chi connectivity index (χ2n) is 5.86. The molecule has 1 saturated heterocycles. The van der Waals surface area contributed by atoms with Gasteiger partial charge < -0.3 is 15.0 Å². The minimum absolute atomic E-state index is 0.580. The van der Waals surface area contributed by atoms with Gasteiger partial charge in [-0.05, 0) is 56.8 Å². The Morgan fingerprint density at radius 2 is 2.05 bits per heavy atom. The van der Waals surface area contributed by atoms with E-state index in [2.05, 4.69) is 23.3 Å². The van der Waals surface area contributed by atoms with Crippen LogP contribution in [0.15, 0.2) is 17.7 Å². The van der Waals surface area contributed by atoms with Crippen molar-refractivity contribution in [1.82, 2.24) is 10.2 Å². The van der Waals surface area contributed by atoms with Crippen LogP contribution in [0.3, 0.4) is 0 Å². The second-order valence-corrected chi connectivity index (χ2v) is 6.70. The van der Waals surface area contributed by atoms with Crippen molar-refractivity contribution in [3.05, 3.63) is 33.3 Å². The Morgan fingerprint density at radius 3 is 2.81 bits per heavy atom. The van der Waals surface area contributed by atoms with Gasteiger partial charge in [0.2, 0.25) is 0 Å². The minimum atomic E-state index is 0.580. The van der Waals surface area contributed by atoms with E-state index in [1.54, 1.807) is 6.07 Å².